The van der Waals surface area contributed by atoms with E-state index in [0.717, 1.165) is 0 Å². The van der Waals surface area contributed by atoms with E-state index in [2.05, 4.69) is 0 Å². The molecule has 0 aliphatic carbocycles. The Kier molecular flexibility index (Phi) is 2.70. The maximum atomic E-state index is 10.7. The van der Waals surface area contributed by atoms with Crippen LogP contribution in [0.4, 0.5) is 0 Å². The average Bonchev–Trinajstić information content (AvgIpc) is 2.16. The maximum absolute atomic E-state index is 10.7. The van der Waals surface area contributed by atoms with Gasteiger partial charge in [-0.3, -0.25) is 0 Å². The fraction of sp³-hybridized carbons (Fsp3) is 0.111. The molecule has 72 valence electrons. The van der Waals surface area contributed by atoms with Gasteiger partial charge in [-0.25, -0.2) is 4.79 Å². The summed E-state index contributed by atoms with van der Waals surface area (Å²) in [5.74, 6) is -1.37. The number of carbonyl (C=O) groups is 1. The average molecular weight is 192 g/mol. The zero-order valence-electron chi connectivity index (χ0n) is 7.19. The van der Waals surface area contributed by atoms with Gasteiger partial charge in [-0.2, -0.15) is 5.26 Å². The highest BCUT2D eigenvalue weighted by Crippen LogP contribution is 2.23. The molecule has 0 spiro atoms. The van der Waals surface area contributed by atoms with Gasteiger partial charge in [0.1, 0.15) is 11.8 Å². The Morgan fingerprint density at radius 3 is 2.64 bits per heavy atom. The van der Waals surface area contributed by atoms with Crippen LogP contribution in [0.2, 0.25) is 0 Å². The van der Waals surface area contributed by atoms with E-state index in [4.69, 9.17) is 16.1 Å². The smallest absolute Gasteiger partial charge is 0.337 e. The lowest BCUT2D eigenvalue weighted by Gasteiger charge is -2.06. The summed E-state index contributed by atoms with van der Waals surface area (Å²) < 4.78 is 0. The van der Waals surface area contributed by atoms with Crippen molar-refractivity contribution < 1.29 is 15.0 Å². The lowest BCUT2D eigenvalue weighted by molar-refractivity contribution is 0.0696. The third-order valence-electron chi connectivity index (χ3n) is 1.83. The molecule has 0 fully saturated rings. The van der Waals surface area contributed by atoms with Crippen molar-refractivity contribution in [3.05, 3.63) is 28.8 Å². The first-order chi connectivity index (χ1) is 6.61. The number of phenolic OH excluding ortho intramolecular Hbond substituents is 1. The minimum Gasteiger partial charge on any atom is -0.508 e. The predicted molar refractivity (Wildman–Crippen MR) is 47.7 cm³/mol. The summed E-state index contributed by atoms with van der Waals surface area (Å²) in [6, 6.07) is 4.11. The molecule has 0 amide bonds. The van der Waals surface area contributed by atoms with Gasteiger partial charge < -0.3 is 15.9 Å². The normalized spacial score (nSPS) is 9.43. The Morgan fingerprint density at radius 2 is 2.21 bits per heavy atom. The highest BCUT2D eigenvalue weighted by atomic mass is 16.4. The van der Waals surface area contributed by atoms with Gasteiger partial charge in [-0.15, -0.1) is 0 Å². The molecule has 0 aromatic heterocycles. The van der Waals surface area contributed by atoms with Crippen molar-refractivity contribution in [2.75, 3.05) is 0 Å². The second-order valence-corrected chi connectivity index (χ2v) is 2.61. The third-order valence-corrected chi connectivity index (χ3v) is 1.83. The van der Waals surface area contributed by atoms with E-state index in [-0.39, 0.29) is 29.0 Å². The van der Waals surface area contributed by atoms with Gasteiger partial charge >= 0.3 is 5.97 Å². The van der Waals surface area contributed by atoms with E-state index in [0.29, 0.717) is 0 Å². The quantitative estimate of drug-likeness (QED) is 0.629. The number of carboxylic acid groups (broad SMARTS) is 1. The highest BCUT2D eigenvalue weighted by molar-refractivity contribution is 5.91. The standard InChI is InChI=1S/C9H8N2O3/c10-3-6-5(9(13)14)1-2-8(12)7(6)4-11/h1-2,12H,4,11H2,(H,13,14). The largest absolute Gasteiger partial charge is 0.508 e. The number of nitriles is 1. The molecule has 5 nitrogen and oxygen atoms in total. The van der Waals surface area contributed by atoms with Gasteiger partial charge in [0.05, 0.1) is 11.1 Å². The first kappa shape index (κ1) is 10.0. The Bertz CT molecular complexity index is 421. The van der Waals surface area contributed by atoms with Crippen molar-refractivity contribution in [1.82, 2.24) is 0 Å². The molecule has 0 aliphatic rings. The topological polar surface area (TPSA) is 107 Å². The van der Waals surface area contributed by atoms with Gasteiger partial charge in [0.15, 0.2) is 0 Å². The molecule has 5 heteroatoms. The van der Waals surface area contributed by atoms with Crippen LogP contribution in [0.15, 0.2) is 12.1 Å². The number of nitrogens with zero attached hydrogens (tertiary/aromatic N) is 1. The maximum Gasteiger partial charge on any atom is 0.337 e. The summed E-state index contributed by atoms with van der Waals surface area (Å²) in [6.07, 6.45) is 0. The van der Waals surface area contributed by atoms with Gasteiger partial charge in [-0.1, -0.05) is 0 Å². The van der Waals surface area contributed by atoms with Gasteiger partial charge in [0.25, 0.3) is 0 Å². The summed E-state index contributed by atoms with van der Waals surface area (Å²) in [7, 11) is 0. The zero-order valence-corrected chi connectivity index (χ0v) is 7.19. The molecule has 0 unspecified atom stereocenters. The second kappa shape index (κ2) is 3.77. The first-order valence-electron chi connectivity index (χ1n) is 3.80. The summed E-state index contributed by atoms with van der Waals surface area (Å²) in [5.41, 5.74) is 5.22. The molecule has 14 heavy (non-hydrogen) atoms. The van der Waals surface area contributed by atoms with Crippen LogP contribution in [0, 0.1) is 11.3 Å². The van der Waals surface area contributed by atoms with Crippen LogP contribution in [0.25, 0.3) is 0 Å². The van der Waals surface area contributed by atoms with E-state index in [1.807, 2.05) is 0 Å². The van der Waals surface area contributed by atoms with Crippen LogP contribution in [-0.4, -0.2) is 16.2 Å². The molecule has 0 saturated heterocycles. The molecule has 0 saturated carbocycles. The van der Waals surface area contributed by atoms with Crippen LogP contribution < -0.4 is 5.73 Å². The minimum atomic E-state index is -1.21. The minimum absolute atomic E-state index is 0.0736. The monoisotopic (exact) mass is 192 g/mol. The van der Waals surface area contributed by atoms with Gasteiger partial charge in [0, 0.05) is 12.1 Å². The van der Waals surface area contributed by atoms with Crippen molar-refractivity contribution in [2.24, 2.45) is 5.73 Å². The molecular formula is C9H8N2O3. The summed E-state index contributed by atoms with van der Waals surface area (Å²) in [4.78, 5) is 10.7. The molecule has 4 N–H and O–H groups in total. The second-order valence-electron chi connectivity index (χ2n) is 2.61. The number of phenols is 1. The summed E-state index contributed by atoms with van der Waals surface area (Å²) in [6.45, 7) is -0.0736. The molecule has 0 bridgehead atoms. The van der Waals surface area contributed by atoms with Crippen LogP contribution in [-0.2, 0) is 6.54 Å². The highest BCUT2D eigenvalue weighted by Gasteiger charge is 2.15. The molecular weight excluding hydrogens is 184 g/mol. The fourth-order valence-corrected chi connectivity index (χ4v) is 1.15. The predicted octanol–water partition coefficient (Wildman–Crippen LogP) is 0.421. The Morgan fingerprint density at radius 1 is 1.57 bits per heavy atom. The van der Waals surface area contributed by atoms with Gasteiger partial charge in [0.2, 0.25) is 0 Å². The fourth-order valence-electron chi connectivity index (χ4n) is 1.15. The first-order valence-corrected chi connectivity index (χ1v) is 3.80. The number of benzene rings is 1. The molecule has 0 atom stereocenters. The van der Waals surface area contributed by atoms with E-state index in [1.54, 1.807) is 6.07 Å². The number of hydrogen-bond donors (Lipinski definition) is 3. The van der Waals surface area contributed by atoms with Crippen molar-refractivity contribution in [3.63, 3.8) is 0 Å². The van der Waals surface area contributed by atoms with Crippen LogP contribution in [0.1, 0.15) is 21.5 Å². The Balaban J connectivity index is 3.50. The lowest BCUT2D eigenvalue weighted by Crippen LogP contribution is -2.07. The number of aromatic hydroxyl groups is 1. The zero-order chi connectivity index (χ0) is 10.7. The number of aromatic carboxylic acids is 1. The molecule has 1 aromatic rings. The van der Waals surface area contributed by atoms with E-state index in [1.165, 1.54) is 12.1 Å². The van der Waals surface area contributed by atoms with Crippen molar-refractivity contribution >= 4 is 5.97 Å². The number of nitrogens with two attached hydrogens (primary N) is 1. The van der Waals surface area contributed by atoms with Crippen LogP contribution in [0.3, 0.4) is 0 Å². The van der Waals surface area contributed by atoms with E-state index < -0.39 is 5.97 Å². The van der Waals surface area contributed by atoms with E-state index in [9.17, 15) is 9.90 Å². The lowest BCUT2D eigenvalue weighted by atomic mass is 10.0. The van der Waals surface area contributed by atoms with Gasteiger partial charge in [-0.05, 0) is 12.1 Å². The number of hydrogen-bond acceptors (Lipinski definition) is 4. The van der Waals surface area contributed by atoms with E-state index >= 15 is 0 Å². The summed E-state index contributed by atoms with van der Waals surface area (Å²) in [5, 5.41) is 26.8. The Labute approximate surface area is 80.0 Å². The summed E-state index contributed by atoms with van der Waals surface area (Å²) >= 11 is 0. The molecule has 1 rings (SSSR count). The van der Waals surface area contributed by atoms with Crippen LogP contribution >= 0.6 is 0 Å². The number of rotatable bonds is 2. The molecule has 0 aliphatic heterocycles. The van der Waals surface area contributed by atoms with Crippen molar-refractivity contribution in [3.8, 4) is 11.8 Å². The van der Waals surface area contributed by atoms with Crippen molar-refractivity contribution in [1.29, 1.82) is 5.26 Å². The molecule has 0 radical (unpaired) electrons. The molecule has 1 aromatic carbocycles. The third kappa shape index (κ3) is 1.51. The Hall–Kier alpha value is -2.06. The van der Waals surface area contributed by atoms with Crippen LogP contribution in [0.5, 0.6) is 5.75 Å². The van der Waals surface area contributed by atoms with Crippen molar-refractivity contribution in [2.45, 2.75) is 6.54 Å². The number of carboxylic acids is 1. The SMILES string of the molecule is N#Cc1c(C(=O)O)ccc(O)c1CN. The molecule has 0 heterocycles.